The van der Waals surface area contributed by atoms with Crippen LogP contribution in [0.3, 0.4) is 0 Å². The van der Waals surface area contributed by atoms with E-state index in [1.165, 1.54) is 5.56 Å². The van der Waals surface area contributed by atoms with E-state index in [0.29, 0.717) is 11.7 Å². The molecule has 2 aromatic rings. The van der Waals surface area contributed by atoms with Crippen molar-refractivity contribution in [2.24, 2.45) is 5.73 Å². The quantitative estimate of drug-likeness (QED) is 0.907. The molecule has 0 bridgehead atoms. The highest BCUT2D eigenvalue weighted by atomic mass is 32.1. The lowest BCUT2D eigenvalue weighted by molar-refractivity contribution is 0.358. The number of hydrogen-bond donors (Lipinski definition) is 1. The molecular weight excluding hydrogens is 234 g/mol. The van der Waals surface area contributed by atoms with Crippen LogP contribution in [0.15, 0.2) is 15.3 Å². The van der Waals surface area contributed by atoms with Gasteiger partial charge in [-0.3, -0.25) is 0 Å². The van der Waals surface area contributed by atoms with Gasteiger partial charge in [0.1, 0.15) is 0 Å². The Morgan fingerprint density at radius 2 is 2.18 bits per heavy atom. The Labute approximate surface area is 105 Å². The second-order valence-electron chi connectivity index (χ2n) is 4.97. The van der Waals surface area contributed by atoms with Gasteiger partial charge in [0.15, 0.2) is 0 Å². The first-order valence-corrected chi connectivity index (χ1v) is 6.54. The summed E-state index contributed by atoms with van der Waals surface area (Å²) in [5.41, 5.74) is 7.95. The first kappa shape index (κ1) is 12.3. The fourth-order valence-corrected chi connectivity index (χ4v) is 2.31. The highest BCUT2D eigenvalue weighted by Crippen LogP contribution is 2.24. The molecule has 2 aromatic heterocycles. The van der Waals surface area contributed by atoms with Crippen LogP contribution in [-0.2, 0) is 6.42 Å². The number of aromatic nitrogens is 2. The first-order valence-electron chi connectivity index (χ1n) is 5.60. The molecule has 0 aromatic carbocycles. The van der Waals surface area contributed by atoms with Crippen LogP contribution in [-0.4, -0.2) is 15.7 Å². The van der Waals surface area contributed by atoms with Crippen LogP contribution in [0.25, 0.3) is 11.4 Å². The maximum Gasteiger partial charge on any atom is 0.227 e. The summed E-state index contributed by atoms with van der Waals surface area (Å²) in [7, 11) is 0. The summed E-state index contributed by atoms with van der Waals surface area (Å²) in [6.45, 7) is 6.03. The van der Waals surface area contributed by atoms with Crippen molar-refractivity contribution < 1.29 is 4.52 Å². The van der Waals surface area contributed by atoms with Crippen molar-refractivity contribution in [3.05, 3.63) is 22.2 Å². The highest BCUT2D eigenvalue weighted by molar-refractivity contribution is 7.08. The van der Waals surface area contributed by atoms with Gasteiger partial charge in [-0.15, -0.1) is 0 Å². The molecule has 4 nitrogen and oxygen atoms in total. The molecule has 0 atom stereocenters. The fraction of sp³-hybridized carbons (Fsp3) is 0.500. The van der Waals surface area contributed by atoms with E-state index < -0.39 is 0 Å². The number of nitrogens with zero attached hydrogens (tertiary/aromatic N) is 2. The van der Waals surface area contributed by atoms with Gasteiger partial charge in [-0.25, -0.2) is 0 Å². The van der Waals surface area contributed by atoms with Gasteiger partial charge in [0.2, 0.25) is 11.7 Å². The van der Waals surface area contributed by atoms with Crippen molar-refractivity contribution in [3.63, 3.8) is 0 Å². The second-order valence-corrected chi connectivity index (χ2v) is 5.71. The molecule has 92 valence electrons. The summed E-state index contributed by atoms with van der Waals surface area (Å²) < 4.78 is 5.23. The van der Waals surface area contributed by atoms with Gasteiger partial charge >= 0.3 is 0 Å². The van der Waals surface area contributed by atoms with E-state index >= 15 is 0 Å². The summed E-state index contributed by atoms with van der Waals surface area (Å²) in [4.78, 5) is 4.39. The van der Waals surface area contributed by atoms with Crippen LogP contribution in [0.4, 0.5) is 0 Å². The van der Waals surface area contributed by atoms with Crippen molar-refractivity contribution in [2.45, 2.75) is 39.2 Å². The zero-order chi connectivity index (χ0) is 12.5. The third kappa shape index (κ3) is 3.14. The summed E-state index contributed by atoms with van der Waals surface area (Å²) >= 11 is 1.65. The number of rotatable bonds is 4. The number of aryl methyl sites for hydroxylation is 2. The number of hydrogen-bond acceptors (Lipinski definition) is 5. The van der Waals surface area contributed by atoms with E-state index in [-0.39, 0.29) is 5.54 Å². The van der Waals surface area contributed by atoms with Crippen LogP contribution in [0.5, 0.6) is 0 Å². The molecule has 0 spiro atoms. The van der Waals surface area contributed by atoms with Gasteiger partial charge in [0.05, 0.1) is 0 Å². The molecule has 0 radical (unpaired) electrons. The smallest absolute Gasteiger partial charge is 0.227 e. The van der Waals surface area contributed by atoms with Gasteiger partial charge in [-0.05, 0) is 38.1 Å². The molecule has 5 heteroatoms. The standard InChI is InChI=1S/C12H17N3OS/c1-8-6-17-7-9(8)11-14-10(16-15-11)4-5-12(2,3)13/h6-7H,4-5,13H2,1-3H3. The monoisotopic (exact) mass is 251 g/mol. The molecule has 17 heavy (non-hydrogen) atoms. The molecule has 0 aliphatic carbocycles. The van der Waals surface area contributed by atoms with Crippen LogP contribution < -0.4 is 5.73 Å². The van der Waals surface area contributed by atoms with Crippen molar-refractivity contribution >= 4 is 11.3 Å². The highest BCUT2D eigenvalue weighted by Gasteiger charge is 2.15. The van der Waals surface area contributed by atoms with Crippen LogP contribution in [0.1, 0.15) is 31.7 Å². The van der Waals surface area contributed by atoms with Crippen molar-refractivity contribution in [1.82, 2.24) is 10.1 Å². The van der Waals surface area contributed by atoms with E-state index in [1.807, 2.05) is 26.2 Å². The van der Waals surface area contributed by atoms with Crippen molar-refractivity contribution in [3.8, 4) is 11.4 Å². The zero-order valence-corrected chi connectivity index (χ0v) is 11.2. The lowest BCUT2D eigenvalue weighted by atomic mass is 10.0. The van der Waals surface area contributed by atoms with Gasteiger partial charge in [-0.2, -0.15) is 16.3 Å². The topological polar surface area (TPSA) is 64.9 Å². The Morgan fingerprint density at radius 3 is 2.76 bits per heavy atom. The minimum absolute atomic E-state index is 0.201. The summed E-state index contributed by atoms with van der Waals surface area (Å²) in [6.07, 6.45) is 1.55. The van der Waals surface area contributed by atoms with Crippen LogP contribution in [0.2, 0.25) is 0 Å². The zero-order valence-electron chi connectivity index (χ0n) is 10.4. The Hall–Kier alpha value is -1.20. The molecule has 0 unspecified atom stereocenters. The summed E-state index contributed by atoms with van der Waals surface area (Å²) in [5.74, 6) is 1.33. The van der Waals surface area contributed by atoms with Gasteiger partial charge in [0, 0.05) is 22.9 Å². The largest absolute Gasteiger partial charge is 0.339 e. The Morgan fingerprint density at radius 1 is 1.41 bits per heavy atom. The molecule has 0 amide bonds. The SMILES string of the molecule is Cc1cscc1-c1noc(CCC(C)(C)N)n1. The van der Waals surface area contributed by atoms with Gasteiger partial charge < -0.3 is 10.3 Å². The lowest BCUT2D eigenvalue weighted by Crippen LogP contribution is -2.32. The normalized spacial score (nSPS) is 12.0. The Bertz CT molecular complexity index is 496. The molecule has 0 aliphatic heterocycles. The Balaban J connectivity index is 2.09. The van der Waals surface area contributed by atoms with Crippen molar-refractivity contribution in [1.29, 1.82) is 0 Å². The average Bonchev–Trinajstić information content (AvgIpc) is 2.81. The third-order valence-corrected chi connectivity index (χ3v) is 3.41. The van der Waals surface area contributed by atoms with E-state index in [4.69, 9.17) is 10.3 Å². The summed E-state index contributed by atoms with van der Waals surface area (Å²) in [6, 6.07) is 0. The molecular formula is C12H17N3OS. The fourth-order valence-electron chi connectivity index (χ4n) is 1.48. The number of nitrogens with two attached hydrogens (primary N) is 1. The first-order chi connectivity index (χ1) is 7.96. The molecule has 2 heterocycles. The van der Waals surface area contributed by atoms with Crippen LogP contribution in [0, 0.1) is 6.92 Å². The van der Waals surface area contributed by atoms with E-state index in [2.05, 4.69) is 15.5 Å². The predicted octanol–water partition coefficient (Wildman–Crippen LogP) is 2.78. The molecule has 0 saturated heterocycles. The maximum atomic E-state index is 5.92. The van der Waals surface area contributed by atoms with Crippen molar-refractivity contribution in [2.75, 3.05) is 0 Å². The third-order valence-electron chi connectivity index (χ3n) is 2.55. The maximum absolute atomic E-state index is 5.92. The minimum Gasteiger partial charge on any atom is -0.339 e. The van der Waals surface area contributed by atoms with Gasteiger partial charge in [0.25, 0.3) is 0 Å². The summed E-state index contributed by atoms with van der Waals surface area (Å²) in [5, 5.41) is 8.12. The van der Waals surface area contributed by atoms with Crippen LogP contribution >= 0.6 is 11.3 Å². The average molecular weight is 251 g/mol. The minimum atomic E-state index is -0.201. The lowest BCUT2D eigenvalue weighted by Gasteiger charge is -2.16. The van der Waals surface area contributed by atoms with E-state index in [9.17, 15) is 0 Å². The molecule has 0 saturated carbocycles. The van der Waals surface area contributed by atoms with Gasteiger partial charge in [-0.1, -0.05) is 5.16 Å². The van der Waals surface area contributed by atoms with E-state index in [1.54, 1.807) is 11.3 Å². The Kier molecular flexibility index (Phi) is 3.31. The predicted molar refractivity (Wildman–Crippen MR) is 68.9 cm³/mol. The number of thiophene rings is 1. The molecule has 2 rings (SSSR count). The molecule has 0 fully saturated rings. The molecule has 2 N–H and O–H groups in total. The second kappa shape index (κ2) is 4.58. The van der Waals surface area contributed by atoms with E-state index in [0.717, 1.165) is 18.4 Å². The molecule has 0 aliphatic rings.